The van der Waals surface area contributed by atoms with Gasteiger partial charge in [0.25, 0.3) is 0 Å². The van der Waals surface area contributed by atoms with Gasteiger partial charge in [-0.2, -0.15) is 0 Å². The molecule has 0 aromatic carbocycles. The number of primary amides is 2. The first kappa shape index (κ1) is 10.5. The molecule has 2 amide bonds. The van der Waals surface area contributed by atoms with Crippen LogP contribution in [0.4, 0.5) is 9.59 Å². The van der Waals surface area contributed by atoms with Crippen LogP contribution in [0.1, 0.15) is 6.42 Å². The zero-order valence-electron chi connectivity index (χ0n) is 6.36. The van der Waals surface area contributed by atoms with E-state index in [-0.39, 0.29) is 13.0 Å². The lowest BCUT2D eigenvalue weighted by Crippen LogP contribution is -2.31. The Labute approximate surface area is 68.8 Å². The number of ether oxygens (including phenoxy) is 2. The first-order chi connectivity index (χ1) is 5.52. The number of carbonyl (C=O) groups is 2. The number of hydrogen-bond acceptors (Lipinski definition) is 5. The van der Waals surface area contributed by atoms with Crippen LogP contribution in [0.5, 0.6) is 0 Å². The molecule has 1 atom stereocenters. The third-order valence-corrected chi connectivity index (χ3v) is 0.914. The SMILES string of the molecule is NC(=O)OCCC(N)OC(N)=O. The number of hydrogen-bond donors (Lipinski definition) is 3. The van der Waals surface area contributed by atoms with Gasteiger partial charge in [0, 0.05) is 6.42 Å². The minimum atomic E-state index is -0.971. The molecule has 0 radical (unpaired) electrons. The Balaban J connectivity index is 3.37. The molecule has 70 valence electrons. The van der Waals surface area contributed by atoms with Crippen molar-refractivity contribution in [3.05, 3.63) is 0 Å². The molecule has 6 N–H and O–H groups in total. The fourth-order valence-electron chi connectivity index (χ4n) is 0.484. The summed E-state index contributed by atoms with van der Waals surface area (Å²) >= 11 is 0. The maximum Gasteiger partial charge on any atom is 0.406 e. The van der Waals surface area contributed by atoms with Crippen molar-refractivity contribution in [2.75, 3.05) is 6.61 Å². The average Bonchev–Trinajstić information content (AvgIpc) is 1.84. The molecule has 1 unspecified atom stereocenters. The molecule has 0 bridgehead atoms. The fraction of sp³-hybridized carbons (Fsp3) is 0.600. The molecule has 0 fully saturated rings. The largest absolute Gasteiger partial charge is 0.450 e. The smallest absolute Gasteiger partial charge is 0.406 e. The standard InChI is InChI=1S/C5H11N3O4/c6-3(12-5(8)10)1-2-11-4(7)9/h3H,1-2,6H2,(H2,7,9)(H2,8,10). The van der Waals surface area contributed by atoms with Crippen molar-refractivity contribution in [3.63, 3.8) is 0 Å². The zero-order valence-corrected chi connectivity index (χ0v) is 6.36. The number of amides is 2. The third kappa shape index (κ3) is 6.62. The number of rotatable bonds is 4. The van der Waals surface area contributed by atoms with E-state index in [1.54, 1.807) is 0 Å². The first-order valence-corrected chi connectivity index (χ1v) is 3.16. The van der Waals surface area contributed by atoms with Crippen LogP contribution < -0.4 is 17.2 Å². The molecule has 0 aliphatic heterocycles. The van der Waals surface area contributed by atoms with Crippen molar-refractivity contribution in [1.82, 2.24) is 0 Å². The molecule has 7 nitrogen and oxygen atoms in total. The van der Waals surface area contributed by atoms with Gasteiger partial charge in [-0.15, -0.1) is 0 Å². The molecular formula is C5H11N3O4. The zero-order chi connectivity index (χ0) is 9.56. The van der Waals surface area contributed by atoms with Crippen LogP contribution in [0.25, 0.3) is 0 Å². The van der Waals surface area contributed by atoms with E-state index in [1.807, 2.05) is 0 Å². The van der Waals surface area contributed by atoms with E-state index in [0.29, 0.717) is 0 Å². The Morgan fingerprint density at radius 3 is 2.25 bits per heavy atom. The summed E-state index contributed by atoms with van der Waals surface area (Å²) in [6, 6.07) is 0. The Bertz CT molecular complexity index is 172. The summed E-state index contributed by atoms with van der Waals surface area (Å²) in [4.78, 5) is 20.1. The Morgan fingerprint density at radius 2 is 1.83 bits per heavy atom. The first-order valence-electron chi connectivity index (χ1n) is 3.16. The summed E-state index contributed by atoms with van der Waals surface area (Å²) in [6.07, 6.45) is -2.59. The molecule has 7 heteroatoms. The molecule has 0 aromatic rings. The van der Waals surface area contributed by atoms with Crippen LogP contribution >= 0.6 is 0 Å². The van der Waals surface area contributed by atoms with Gasteiger partial charge in [-0.05, 0) is 0 Å². The Morgan fingerprint density at radius 1 is 1.25 bits per heavy atom. The highest BCUT2D eigenvalue weighted by atomic mass is 16.6. The lowest BCUT2D eigenvalue weighted by atomic mass is 10.4. The Kier molecular flexibility index (Phi) is 4.54. The molecule has 0 saturated carbocycles. The highest BCUT2D eigenvalue weighted by Gasteiger charge is 2.06. The molecule has 0 aromatic heterocycles. The van der Waals surface area contributed by atoms with E-state index < -0.39 is 18.4 Å². The molecule has 0 saturated heterocycles. The van der Waals surface area contributed by atoms with Crippen LogP contribution in [0.3, 0.4) is 0 Å². The van der Waals surface area contributed by atoms with Crippen LogP contribution in [0.15, 0.2) is 0 Å². The lowest BCUT2D eigenvalue weighted by molar-refractivity contribution is 0.0845. The van der Waals surface area contributed by atoms with Gasteiger partial charge in [0.2, 0.25) is 0 Å². The normalized spacial score (nSPS) is 11.8. The van der Waals surface area contributed by atoms with Gasteiger partial charge < -0.3 is 20.9 Å². The topological polar surface area (TPSA) is 131 Å². The molecule has 0 heterocycles. The van der Waals surface area contributed by atoms with Crippen molar-refractivity contribution in [2.45, 2.75) is 12.6 Å². The highest BCUT2D eigenvalue weighted by molar-refractivity contribution is 5.65. The second-order valence-corrected chi connectivity index (χ2v) is 1.93. The summed E-state index contributed by atoms with van der Waals surface area (Å²) < 4.78 is 8.64. The second kappa shape index (κ2) is 5.19. The molecular weight excluding hydrogens is 166 g/mol. The quantitative estimate of drug-likeness (QED) is 0.466. The van der Waals surface area contributed by atoms with E-state index in [1.165, 1.54) is 0 Å². The summed E-state index contributed by atoms with van der Waals surface area (Å²) in [7, 11) is 0. The predicted molar refractivity (Wildman–Crippen MR) is 38.8 cm³/mol. The fourth-order valence-corrected chi connectivity index (χ4v) is 0.484. The molecule has 0 spiro atoms. The van der Waals surface area contributed by atoms with Crippen molar-refractivity contribution in [3.8, 4) is 0 Å². The van der Waals surface area contributed by atoms with E-state index in [9.17, 15) is 9.59 Å². The number of carbonyl (C=O) groups excluding carboxylic acids is 2. The van der Waals surface area contributed by atoms with Crippen LogP contribution in [0, 0.1) is 0 Å². The third-order valence-electron chi connectivity index (χ3n) is 0.914. The molecule has 0 rings (SSSR count). The maximum atomic E-state index is 10.1. The molecule has 0 aliphatic rings. The van der Waals surface area contributed by atoms with E-state index in [4.69, 9.17) is 5.73 Å². The van der Waals surface area contributed by atoms with Gasteiger partial charge in [0.05, 0.1) is 6.61 Å². The van der Waals surface area contributed by atoms with E-state index >= 15 is 0 Å². The second-order valence-electron chi connectivity index (χ2n) is 1.93. The molecule has 0 aliphatic carbocycles. The van der Waals surface area contributed by atoms with Gasteiger partial charge in [-0.25, -0.2) is 9.59 Å². The predicted octanol–water partition coefficient (Wildman–Crippen LogP) is -1.15. The van der Waals surface area contributed by atoms with Gasteiger partial charge in [0.1, 0.15) is 0 Å². The van der Waals surface area contributed by atoms with Crippen molar-refractivity contribution in [1.29, 1.82) is 0 Å². The van der Waals surface area contributed by atoms with Crippen LogP contribution in [-0.4, -0.2) is 25.0 Å². The average molecular weight is 177 g/mol. The van der Waals surface area contributed by atoms with E-state index in [0.717, 1.165) is 0 Å². The monoisotopic (exact) mass is 177 g/mol. The minimum absolute atomic E-state index is 0.0101. The summed E-state index contributed by atoms with van der Waals surface area (Å²) in [5.41, 5.74) is 14.5. The van der Waals surface area contributed by atoms with Crippen molar-refractivity contribution < 1.29 is 19.1 Å². The van der Waals surface area contributed by atoms with Gasteiger partial charge in [-0.1, -0.05) is 0 Å². The maximum absolute atomic E-state index is 10.1. The molecule has 12 heavy (non-hydrogen) atoms. The highest BCUT2D eigenvalue weighted by Crippen LogP contribution is 1.91. The van der Waals surface area contributed by atoms with Crippen molar-refractivity contribution in [2.24, 2.45) is 17.2 Å². The minimum Gasteiger partial charge on any atom is -0.450 e. The summed E-state index contributed by atoms with van der Waals surface area (Å²) in [6.45, 7) is -0.0101. The van der Waals surface area contributed by atoms with Gasteiger partial charge >= 0.3 is 12.2 Å². The number of nitrogens with two attached hydrogens (primary N) is 3. The van der Waals surface area contributed by atoms with Crippen LogP contribution in [-0.2, 0) is 9.47 Å². The van der Waals surface area contributed by atoms with Crippen molar-refractivity contribution >= 4 is 12.2 Å². The van der Waals surface area contributed by atoms with Crippen LogP contribution in [0.2, 0.25) is 0 Å². The summed E-state index contributed by atoms with van der Waals surface area (Å²) in [5, 5.41) is 0. The lowest BCUT2D eigenvalue weighted by Gasteiger charge is -2.09. The van der Waals surface area contributed by atoms with E-state index in [2.05, 4.69) is 20.9 Å². The van der Waals surface area contributed by atoms with Gasteiger partial charge in [0.15, 0.2) is 6.23 Å². The van der Waals surface area contributed by atoms with Gasteiger partial charge in [-0.3, -0.25) is 5.73 Å². The summed E-state index contributed by atoms with van der Waals surface area (Å²) in [5.74, 6) is 0. The Hall–Kier alpha value is -1.50.